The number of amides is 2. The molecule has 0 aromatic heterocycles. The highest BCUT2D eigenvalue weighted by Gasteiger charge is 2.33. The lowest BCUT2D eigenvalue weighted by Gasteiger charge is -2.34. The molecule has 1 heterocycles. The first-order chi connectivity index (χ1) is 15.8. The van der Waals surface area contributed by atoms with Crippen LogP contribution in [0.15, 0.2) is 53.4 Å². The average Bonchev–Trinajstić information content (AvgIpc) is 2.83. The summed E-state index contributed by atoms with van der Waals surface area (Å²) in [5.41, 5.74) is 0.756. The topological polar surface area (TPSA) is 105 Å². The molecule has 1 fully saturated rings. The fourth-order valence-electron chi connectivity index (χ4n) is 3.86. The third kappa shape index (κ3) is 6.46. The van der Waals surface area contributed by atoms with Gasteiger partial charge in [-0.1, -0.05) is 36.2 Å². The molecule has 1 aliphatic rings. The minimum atomic E-state index is -3.67. The highest BCUT2D eigenvalue weighted by molar-refractivity contribution is 7.89. The van der Waals surface area contributed by atoms with Gasteiger partial charge in [0.25, 0.3) is 0 Å². The molecule has 0 saturated carbocycles. The number of rotatable bonds is 8. The summed E-state index contributed by atoms with van der Waals surface area (Å²) < 4.78 is 32.9. The fraction of sp³-hybridized carbons (Fsp3) is 0.391. The van der Waals surface area contributed by atoms with Crippen LogP contribution in [0.5, 0.6) is 5.75 Å². The molecule has 1 atom stereocenters. The molecule has 0 bridgehead atoms. The molecule has 1 saturated heterocycles. The van der Waals surface area contributed by atoms with E-state index in [1.54, 1.807) is 24.3 Å². The maximum Gasteiger partial charge on any atom is 0.309 e. The second-order valence-corrected chi connectivity index (χ2v) is 10.1. The minimum Gasteiger partial charge on any atom is -0.496 e. The molecule has 2 amide bonds. The Morgan fingerprint density at radius 2 is 1.76 bits per heavy atom. The number of ether oxygens (including phenoxy) is 1. The lowest BCUT2D eigenvalue weighted by molar-refractivity contribution is -0.139. The quantitative estimate of drug-likeness (QED) is 0.550. The van der Waals surface area contributed by atoms with Crippen LogP contribution >= 0.6 is 11.6 Å². The van der Waals surface area contributed by atoms with E-state index in [0.29, 0.717) is 30.2 Å². The highest BCUT2D eigenvalue weighted by Crippen LogP contribution is 2.27. The molecule has 2 aromatic rings. The van der Waals surface area contributed by atoms with E-state index in [4.69, 9.17) is 16.3 Å². The van der Waals surface area contributed by atoms with Crippen molar-refractivity contribution < 1.29 is 22.7 Å². The van der Waals surface area contributed by atoms with E-state index in [9.17, 15) is 18.0 Å². The molecular weight excluding hydrogens is 466 g/mol. The summed E-state index contributed by atoms with van der Waals surface area (Å²) in [6.45, 7) is 0.771. The van der Waals surface area contributed by atoms with E-state index in [1.807, 2.05) is 12.1 Å². The van der Waals surface area contributed by atoms with E-state index in [1.165, 1.54) is 23.5 Å². The van der Waals surface area contributed by atoms with Crippen LogP contribution in [-0.2, 0) is 26.2 Å². The van der Waals surface area contributed by atoms with Gasteiger partial charge >= 0.3 is 11.8 Å². The van der Waals surface area contributed by atoms with Crippen molar-refractivity contribution in [3.05, 3.63) is 59.1 Å². The Morgan fingerprint density at radius 3 is 2.48 bits per heavy atom. The van der Waals surface area contributed by atoms with Crippen LogP contribution in [0, 0.1) is 0 Å². The van der Waals surface area contributed by atoms with Crippen molar-refractivity contribution in [2.24, 2.45) is 0 Å². The Bertz CT molecular complexity index is 1080. The number of nitrogens with zero attached hydrogens (tertiary/aromatic N) is 1. The first-order valence-electron chi connectivity index (χ1n) is 10.8. The number of carbonyl (C=O) groups excluding carboxylic acids is 2. The van der Waals surface area contributed by atoms with E-state index in [0.717, 1.165) is 18.4 Å². The summed E-state index contributed by atoms with van der Waals surface area (Å²) in [7, 11) is -2.13. The molecule has 33 heavy (non-hydrogen) atoms. The summed E-state index contributed by atoms with van der Waals surface area (Å²) in [6, 6.07) is 13.1. The van der Waals surface area contributed by atoms with Gasteiger partial charge in [0.15, 0.2) is 0 Å². The molecule has 3 rings (SSSR count). The van der Waals surface area contributed by atoms with E-state index in [-0.39, 0.29) is 24.0 Å². The standard InChI is InChI=1S/C23H28ClN3O5S/c1-32-21-8-3-2-6-17(21)16-26-23(29)22(28)25-14-13-19-7-4-5-15-27(19)33(30,31)20-11-9-18(24)10-12-20/h2-3,6,8-12,19H,4-5,7,13-16H2,1H3,(H,25,28)(H,26,29). The van der Waals surface area contributed by atoms with Gasteiger partial charge in [0, 0.05) is 36.3 Å². The lowest BCUT2D eigenvalue weighted by Crippen LogP contribution is -2.46. The summed E-state index contributed by atoms with van der Waals surface area (Å²) in [6.07, 6.45) is 2.80. The van der Waals surface area contributed by atoms with Gasteiger partial charge in [-0.25, -0.2) is 8.42 Å². The number of piperidine rings is 1. The zero-order valence-corrected chi connectivity index (χ0v) is 20.0. The second kappa shape index (κ2) is 11.5. The number of sulfonamides is 1. The Kier molecular flexibility index (Phi) is 8.71. The Hall–Kier alpha value is -2.62. The predicted molar refractivity (Wildman–Crippen MR) is 125 cm³/mol. The minimum absolute atomic E-state index is 0.159. The van der Waals surface area contributed by atoms with Gasteiger partial charge in [-0.05, 0) is 49.6 Å². The Labute approximate surface area is 199 Å². The Balaban J connectivity index is 1.53. The molecule has 0 radical (unpaired) electrons. The van der Waals surface area contributed by atoms with Gasteiger partial charge in [0.2, 0.25) is 10.0 Å². The molecule has 8 nitrogen and oxygen atoms in total. The monoisotopic (exact) mass is 493 g/mol. The van der Waals surface area contributed by atoms with Crippen molar-refractivity contribution in [2.75, 3.05) is 20.2 Å². The van der Waals surface area contributed by atoms with Gasteiger partial charge in [-0.15, -0.1) is 0 Å². The van der Waals surface area contributed by atoms with Crippen molar-refractivity contribution in [1.29, 1.82) is 0 Å². The molecule has 0 spiro atoms. The summed E-state index contributed by atoms with van der Waals surface area (Å²) >= 11 is 5.88. The van der Waals surface area contributed by atoms with Gasteiger partial charge in [0.1, 0.15) is 5.75 Å². The molecule has 1 unspecified atom stereocenters. The van der Waals surface area contributed by atoms with Gasteiger partial charge < -0.3 is 15.4 Å². The number of hydrogen-bond donors (Lipinski definition) is 2. The molecule has 1 aliphatic heterocycles. The smallest absolute Gasteiger partial charge is 0.309 e. The largest absolute Gasteiger partial charge is 0.496 e. The normalized spacial score (nSPS) is 16.7. The molecule has 178 valence electrons. The van der Waals surface area contributed by atoms with Gasteiger partial charge in [-0.2, -0.15) is 4.31 Å². The second-order valence-electron chi connectivity index (χ2n) is 7.76. The van der Waals surface area contributed by atoms with Crippen molar-refractivity contribution in [2.45, 2.75) is 43.2 Å². The first kappa shape index (κ1) is 25.0. The zero-order chi connectivity index (χ0) is 23.8. The SMILES string of the molecule is COc1ccccc1CNC(=O)C(=O)NCCC1CCCCN1S(=O)(=O)c1ccc(Cl)cc1. The average molecular weight is 494 g/mol. The number of carbonyl (C=O) groups is 2. The number of para-hydroxylation sites is 1. The van der Waals surface area contributed by atoms with Crippen LogP contribution < -0.4 is 15.4 Å². The van der Waals surface area contributed by atoms with Crippen LogP contribution in [0.4, 0.5) is 0 Å². The van der Waals surface area contributed by atoms with Crippen LogP contribution in [0.1, 0.15) is 31.2 Å². The van der Waals surface area contributed by atoms with Gasteiger partial charge in [0.05, 0.1) is 12.0 Å². The maximum atomic E-state index is 13.1. The molecule has 10 heteroatoms. The van der Waals surface area contributed by atoms with E-state index < -0.39 is 21.8 Å². The zero-order valence-electron chi connectivity index (χ0n) is 18.4. The predicted octanol–water partition coefficient (Wildman–Crippen LogP) is 2.71. The van der Waals surface area contributed by atoms with Crippen LogP contribution in [0.2, 0.25) is 5.02 Å². The third-order valence-electron chi connectivity index (χ3n) is 5.59. The molecule has 2 N–H and O–H groups in total. The molecular formula is C23H28ClN3O5S. The van der Waals surface area contributed by atoms with Crippen LogP contribution in [0.3, 0.4) is 0 Å². The summed E-state index contributed by atoms with van der Waals surface area (Å²) in [5.74, 6) is -0.888. The fourth-order valence-corrected chi connectivity index (χ4v) is 5.71. The Morgan fingerprint density at radius 1 is 1.06 bits per heavy atom. The number of methoxy groups -OCH3 is 1. The summed E-state index contributed by atoms with van der Waals surface area (Å²) in [5, 5.41) is 5.63. The number of hydrogen-bond acceptors (Lipinski definition) is 5. The van der Waals surface area contributed by atoms with Crippen molar-refractivity contribution in [3.8, 4) is 5.75 Å². The molecule has 0 aliphatic carbocycles. The first-order valence-corrected chi connectivity index (χ1v) is 12.6. The van der Waals surface area contributed by atoms with Crippen molar-refractivity contribution in [1.82, 2.24) is 14.9 Å². The number of benzene rings is 2. The van der Waals surface area contributed by atoms with Crippen LogP contribution in [0.25, 0.3) is 0 Å². The number of halogens is 1. The van der Waals surface area contributed by atoms with E-state index >= 15 is 0 Å². The summed E-state index contributed by atoms with van der Waals surface area (Å²) in [4.78, 5) is 24.5. The van der Waals surface area contributed by atoms with Crippen molar-refractivity contribution >= 4 is 33.4 Å². The molecule has 2 aromatic carbocycles. The maximum absolute atomic E-state index is 13.1. The van der Waals surface area contributed by atoms with E-state index in [2.05, 4.69) is 10.6 Å². The highest BCUT2D eigenvalue weighted by atomic mass is 35.5. The van der Waals surface area contributed by atoms with Gasteiger partial charge in [-0.3, -0.25) is 9.59 Å². The lowest BCUT2D eigenvalue weighted by atomic mass is 10.0. The van der Waals surface area contributed by atoms with Crippen molar-refractivity contribution in [3.63, 3.8) is 0 Å². The number of nitrogens with one attached hydrogen (secondary N) is 2. The third-order valence-corrected chi connectivity index (χ3v) is 7.81. The van der Waals surface area contributed by atoms with Crippen LogP contribution in [-0.4, -0.2) is 50.8 Å².